The van der Waals surface area contributed by atoms with Gasteiger partial charge in [0.05, 0.1) is 6.20 Å². The highest BCUT2D eigenvalue weighted by molar-refractivity contribution is 7.13. The number of carbonyl (C=O) groups is 2. The van der Waals surface area contributed by atoms with Gasteiger partial charge < -0.3 is 16.0 Å². The van der Waals surface area contributed by atoms with E-state index in [4.69, 9.17) is 4.98 Å². The molecule has 1 aliphatic carbocycles. The number of amides is 3. The molecule has 0 spiro atoms. The van der Waals surface area contributed by atoms with Crippen molar-refractivity contribution < 1.29 is 14.0 Å². The molecule has 1 aliphatic heterocycles. The lowest BCUT2D eigenvalue weighted by molar-refractivity contribution is -0.115. The molecule has 11 heteroatoms. The third-order valence-electron chi connectivity index (χ3n) is 5.76. The quantitative estimate of drug-likeness (QED) is 0.231. The maximum absolute atomic E-state index is 14.1. The monoisotopic (exact) mass is 489 g/mol. The van der Waals surface area contributed by atoms with Gasteiger partial charge in [0.1, 0.15) is 23.1 Å². The number of benzene rings is 1. The van der Waals surface area contributed by atoms with Gasteiger partial charge in [0.25, 0.3) is 5.91 Å². The SMILES string of the molecule is O=C1NC(=O)C(=Cc2cnn3c(NC4CC4)cc(NCc4cc(F)ccc4-c4cccs4)nc23)N1. The van der Waals surface area contributed by atoms with Crippen molar-refractivity contribution >= 4 is 46.6 Å². The second-order valence-corrected chi connectivity index (χ2v) is 9.33. The summed E-state index contributed by atoms with van der Waals surface area (Å²) in [5.41, 5.74) is 2.99. The molecule has 1 saturated carbocycles. The average molecular weight is 490 g/mol. The molecular weight excluding hydrogens is 469 g/mol. The fraction of sp³-hybridized carbons (Fsp3) is 0.167. The van der Waals surface area contributed by atoms with Crippen LogP contribution in [0.25, 0.3) is 22.2 Å². The van der Waals surface area contributed by atoms with Gasteiger partial charge in [-0.15, -0.1) is 11.3 Å². The number of fused-ring (bicyclic) bond motifs is 1. The molecule has 176 valence electrons. The molecule has 35 heavy (non-hydrogen) atoms. The minimum Gasteiger partial charge on any atom is -0.367 e. The number of anilines is 2. The average Bonchev–Trinajstić information content (AvgIpc) is 3.19. The first kappa shape index (κ1) is 21.3. The molecule has 0 atom stereocenters. The van der Waals surface area contributed by atoms with Crippen molar-refractivity contribution in [2.75, 3.05) is 10.6 Å². The number of carbonyl (C=O) groups excluding carboxylic acids is 2. The van der Waals surface area contributed by atoms with Crippen LogP contribution in [0.15, 0.2) is 53.7 Å². The maximum atomic E-state index is 14.1. The fourth-order valence-corrected chi connectivity index (χ4v) is 4.70. The van der Waals surface area contributed by atoms with Crippen LogP contribution >= 0.6 is 11.3 Å². The van der Waals surface area contributed by atoms with Gasteiger partial charge in [-0.25, -0.2) is 14.2 Å². The van der Waals surface area contributed by atoms with Crippen molar-refractivity contribution in [2.24, 2.45) is 0 Å². The first-order valence-corrected chi connectivity index (χ1v) is 12.0. The van der Waals surface area contributed by atoms with E-state index in [1.807, 2.05) is 23.6 Å². The Hall–Kier alpha value is -4.25. The number of rotatable bonds is 7. The van der Waals surface area contributed by atoms with Gasteiger partial charge in [0.15, 0.2) is 5.65 Å². The molecule has 0 unspecified atom stereocenters. The molecule has 3 aromatic heterocycles. The third-order valence-corrected chi connectivity index (χ3v) is 6.67. The zero-order valence-electron chi connectivity index (χ0n) is 18.3. The minimum absolute atomic E-state index is 0.127. The Balaban J connectivity index is 1.35. The van der Waals surface area contributed by atoms with E-state index in [2.05, 4.69) is 26.4 Å². The lowest BCUT2D eigenvalue weighted by atomic mass is 10.1. The van der Waals surface area contributed by atoms with Crippen LogP contribution in [-0.2, 0) is 11.3 Å². The van der Waals surface area contributed by atoms with Crippen molar-refractivity contribution in [1.82, 2.24) is 25.2 Å². The Kier molecular flexibility index (Phi) is 5.18. The Morgan fingerprint density at radius 1 is 1.20 bits per heavy atom. The first-order chi connectivity index (χ1) is 17.0. The molecule has 3 amide bonds. The summed E-state index contributed by atoms with van der Waals surface area (Å²) >= 11 is 1.60. The van der Waals surface area contributed by atoms with Crippen molar-refractivity contribution in [3.63, 3.8) is 0 Å². The molecular formula is C24H20FN7O2S. The molecule has 1 aromatic carbocycles. The Bertz CT molecular complexity index is 1490. The Morgan fingerprint density at radius 3 is 2.83 bits per heavy atom. The number of nitrogens with zero attached hydrogens (tertiary/aromatic N) is 3. The van der Waals surface area contributed by atoms with E-state index in [1.54, 1.807) is 34.2 Å². The van der Waals surface area contributed by atoms with Crippen LogP contribution in [0, 0.1) is 5.82 Å². The van der Waals surface area contributed by atoms with Crippen molar-refractivity contribution in [2.45, 2.75) is 25.4 Å². The van der Waals surface area contributed by atoms with E-state index in [0.717, 1.165) is 34.7 Å². The van der Waals surface area contributed by atoms with Gasteiger partial charge in [-0.1, -0.05) is 12.1 Å². The van der Waals surface area contributed by atoms with Crippen LogP contribution in [0.3, 0.4) is 0 Å². The van der Waals surface area contributed by atoms with Gasteiger partial charge in [-0.3, -0.25) is 10.1 Å². The second kappa shape index (κ2) is 8.51. The standard InChI is InChI=1S/C24H20FN7O2S/c25-15-3-6-17(19-2-1-7-35-19)13(8-15)11-26-20-10-21(28-16-4-5-16)32-22(30-20)14(12-27-32)9-18-23(33)31-24(34)29-18/h1-3,6-10,12,16,28H,4-5,11H2,(H,26,30)(H2,29,31,33,34). The first-order valence-electron chi connectivity index (χ1n) is 11.1. The van der Waals surface area contributed by atoms with Crippen LogP contribution in [0.1, 0.15) is 24.0 Å². The molecule has 0 radical (unpaired) electrons. The number of nitrogens with one attached hydrogen (secondary N) is 4. The van der Waals surface area contributed by atoms with Crippen LogP contribution in [-0.4, -0.2) is 32.6 Å². The highest BCUT2D eigenvalue weighted by Gasteiger charge is 2.25. The minimum atomic E-state index is -0.569. The van der Waals surface area contributed by atoms with Crippen molar-refractivity contribution in [1.29, 1.82) is 0 Å². The summed E-state index contributed by atoms with van der Waals surface area (Å²) in [6, 6.07) is 10.4. The third kappa shape index (κ3) is 4.33. The molecule has 6 rings (SSSR count). The maximum Gasteiger partial charge on any atom is 0.326 e. The number of imide groups is 1. The zero-order chi connectivity index (χ0) is 23.9. The number of thiophene rings is 1. The summed E-state index contributed by atoms with van der Waals surface area (Å²) in [7, 11) is 0. The van der Waals surface area contributed by atoms with Crippen LogP contribution in [0.2, 0.25) is 0 Å². The molecule has 4 heterocycles. The summed E-state index contributed by atoms with van der Waals surface area (Å²) in [6.45, 7) is 0.361. The second-order valence-electron chi connectivity index (χ2n) is 8.38. The van der Waals surface area contributed by atoms with Gasteiger partial charge in [-0.05, 0) is 53.6 Å². The van der Waals surface area contributed by atoms with E-state index < -0.39 is 11.9 Å². The van der Waals surface area contributed by atoms with E-state index in [9.17, 15) is 14.0 Å². The summed E-state index contributed by atoms with van der Waals surface area (Å²) in [4.78, 5) is 29.2. The lowest BCUT2D eigenvalue weighted by Crippen LogP contribution is -2.22. The van der Waals surface area contributed by atoms with Gasteiger partial charge in [0.2, 0.25) is 0 Å². The number of aromatic nitrogens is 3. The molecule has 2 fully saturated rings. The lowest BCUT2D eigenvalue weighted by Gasteiger charge is -2.13. The van der Waals surface area contributed by atoms with E-state index in [-0.39, 0.29) is 11.5 Å². The van der Waals surface area contributed by atoms with Crippen LogP contribution in [0.4, 0.5) is 20.8 Å². The normalized spacial score (nSPS) is 16.5. The molecule has 1 saturated heterocycles. The zero-order valence-corrected chi connectivity index (χ0v) is 19.2. The summed E-state index contributed by atoms with van der Waals surface area (Å²) in [6.07, 6.45) is 5.28. The molecule has 0 bridgehead atoms. The van der Waals surface area contributed by atoms with E-state index >= 15 is 0 Å². The van der Waals surface area contributed by atoms with Crippen LogP contribution < -0.4 is 21.3 Å². The molecule has 9 nitrogen and oxygen atoms in total. The van der Waals surface area contributed by atoms with Crippen LogP contribution in [0.5, 0.6) is 0 Å². The molecule has 4 N–H and O–H groups in total. The smallest absolute Gasteiger partial charge is 0.326 e. The van der Waals surface area contributed by atoms with Crippen molar-refractivity contribution in [3.8, 4) is 10.4 Å². The largest absolute Gasteiger partial charge is 0.367 e. The van der Waals surface area contributed by atoms with Gasteiger partial charge >= 0.3 is 6.03 Å². The molecule has 4 aromatic rings. The van der Waals surface area contributed by atoms with Gasteiger partial charge in [-0.2, -0.15) is 9.61 Å². The summed E-state index contributed by atoms with van der Waals surface area (Å²) in [5, 5.41) is 17.9. The predicted molar refractivity (Wildman–Crippen MR) is 131 cm³/mol. The van der Waals surface area contributed by atoms with E-state index in [1.165, 1.54) is 12.1 Å². The Morgan fingerprint density at radius 2 is 2.09 bits per heavy atom. The number of hydrogen-bond donors (Lipinski definition) is 4. The topological polar surface area (TPSA) is 112 Å². The molecule has 2 aliphatic rings. The Labute approximate surface area is 203 Å². The highest BCUT2D eigenvalue weighted by Crippen LogP contribution is 2.30. The predicted octanol–water partition coefficient (Wildman–Crippen LogP) is 3.96. The number of hydrogen-bond acceptors (Lipinski definition) is 7. The van der Waals surface area contributed by atoms with Gasteiger partial charge in [0, 0.05) is 29.1 Å². The highest BCUT2D eigenvalue weighted by atomic mass is 32.1. The summed E-state index contributed by atoms with van der Waals surface area (Å²) in [5.74, 6) is 0.514. The van der Waals surface area contributed by atoms with E-state index in [0.29, 0.717) is 29.6 Å². The van der Waals surface area contributed by atoms with Crippen molar-refractivity contribution in [3.05, 3.63) is 70.6 Å². The fourth-order valence-electron chi connectivity index (χ4n) is 3.92. The summed E-state index contributed by atoms with van der Waals surface area (Å²) < 4.78 is 15.7. The number of urea groups is 1. The number of halogens is 1.